The molecule has 0 fully saturated rings. The van der Waals surface area contributed by atoms with Gasteiger partial charge in [-0.25, -0.2) is 0 Å². The summed E-state index contributed by atoms with van der Waals surface area (Å²) in [4.78, 5) is 19.1. The van der Waals surface area contributed by atoms with Crippen molar-refractivity contribution in [2.24, 2.45) is 0 Å². The number of hydrogen-bond acceptors (Lipinski definition) is 2. The lowest BCUT2D eigenvalue weighted by molar-refractivity contribution is -0.137. The lowest BCUT2D eigenvalue weighted by atomic mass is 10.3. The maximum Gasteiger partial charge on any atom is 0.318 e. The number of carbonyl (C=O) groups is 2. The third-order valence-corrected chi connectivity index (χ3v) is 6.12. The number of hydrogen-bond donors (Lipinski definition) is 2. The first-order valence-corrected chi connectivity index (χ1v) is 7.79. The van der Waals surface area contributed by atoms with Crippen LogP contribution >= 0.6 is 63.7 Å². The zero-order chi connectivity index (χ0) is 13.5. The normalized spacial score (nSPS) is 17.4. The molecule has 16 heavy (non-hydrogen) atoms. The number of carboxylic acid groups (broad SMARTS) is 2. The second-order valence-corrected chi connectivity index (χ2v) is 7.70. The van der Waals surface area contributed by atoms with Crippen molar-refractivity contribution in [1.82, 2.24) is 0 Å². The molecule has 96 valence electrons. The number of carboxylic acids is 2. The van der Waals surface area contributed by atoms with E-state index in [0.29, 0.717) is 0 Å². The molecule has 0 aromatic heterocycles. The second-order valence-electron chi connectivity index (χ2n) is 2.84. The monoisotopic (exact) mass is 488 g/mol. The lowest BCUT2D eigenvalue weighted by Crippen LogP contribution is -2.20. The van der Waals surface area contributed by atoms with Gasteiger partial charge in [0, 0.05) is 9.65 Å². The Hall–Kier alpha value is 0.860. The highest BCUT2D eigenvalue weighted by molar-refractivity contribution is 9.12. The maximum atomic E-state index is 10.1. The summed E-state index contributed by atoms with van der Waals surface area (Å²) in [7, 11) is 0. The molecule has 0 heterocycles. The highest BCUT2D eigenvalue weighted by Gasteiger charge is 2.18. The van der Waals surface area contributed by atoms with Gasteiger partial charge in [-0.15, -0.1) is 0 Å². The molecule has 0 aliphatic carbocycles. The van der Waals surface area contributed by atoms with Crippen LogP contribution in [-0.2, 0) is 9.59 Å². The molecule has 0 radical (unpaired) electrons. The van der Waals surface area contributed by atoms with Crippen LogP contribution in [-0.4, -0.2) is 41.5 Å². The van der Waals surface area contributed by atoms with Gasteiger partial charge in [0.05, 0.1) is 0 Å². The summed E-state index contributed by atoms with van der Waals surface area (Å²) in [5.41, 5.74) is 0. The van der Waals surface area contributed by atoms with Gasteiger partial charge < -0.3 is 10.2 Å². The molecular formula is C8H12Br4O4. The van der Waals surface area contributed by atoms with Gasteiger partial charge in [-0.2, -0.15) is 0 Å². The summed E-state index contributed by atoms with van der Waals surface area (Å²) in [6, 6.07) is 0. The predicted molar refractivity (Wildman–Crippen MR) is 77.5 cm³/mol. The Morgan fingerprint density at radius 2 is 1.00 bits per heavy atom. The molecule has 4 atom stereocenters. The Labute approximate surface area is 128 Å². The molecule has 2 N–H and O–H groups in total. The Kier molecular flexibility index (Phi) is 11.8. The van der Waals surface area contributed by atoms with E-state index in [9.17, 15) is 9.59 Å². The quantitative estimate of drug-likeness (QED) is 0.592. The van der Waals surface area contributed by atoms with Crippen LogP contribution in [0.15, 0.2) is 0 Å². The Morgan fingerprint density at radius 3 is 1.00 bits per heavy atom. The lowest BCUT2D eigenvalue weighted by Gasteiger charge is -2.03. The standard InChI is InChI=1S/2C4H6Br2O2/c2*1-2(5)3(6)4(7)8/h2*2-3H,1H3,(H,7,8)/t2*2-,3+/m10/s1. The fraction of sp³-hybridized carbons (Fsp3) is 0.750. The van der Waals surface area contributed by atoms with E-state index in [1.807, 2.05) is 0 Å². The smallest absolute Gasteiger partial charge is 0.318 e. The van der Waals surface area contributed by atoms with Crippen LogP contribution in [0.5, 0.6) is 0 Å². The molecule has 0 bridgehead atoms. The van der Waals surface area contributed by atoms with E-state index < -0.39 is 21.6 Å². The van der Waals surface area contributed by atoms with Crippen molar-refractivity contribution in [2.75, 3.05) is 0 Å². The molecule has 0 aromatic rings. The first kappa shape index (κ1) is 19.2. The van der Waals surface area contributed by atoms with Gasteiger partial charge >= 0.3 is 11.9 Å². The van der Waals surface area contributed by atoms with E-state index in [4.69, 9.17) is 10.2 Å². The minimum Gasteiger partial charge on any atom is -0.480 e. The van der Waals surface area contributed by atoms with Crippen LogP contribution in [0.3, 0.4) is 0 Å². The van der Waals surface area contributed by atoms with Crippen molar-refractivity contribution in [3.63, 3.8) is 0 Å². The highest BCUT2D eigenvalue weighted by Crippen LogP contribution is 2.13. The van der Waals surface area contributed by atoms with Crippen LogP contribution in [0, 0.1) is 0 Å². The van der Waals surface area contributed by atoms with Crippen LogP contribution in [0.25, 0.3) is 0 Å². The van der Waals surface area contributed by atoms with E-state index in [1.165, 1.54) is 0 Å². The Bertz CT molecular complexity index is 208. The van der Waals surface area contributed by atoms with Gasteiger partial charge in [0.2, 0.25) is 0 Å². The van der Waals surface area contributed by atoms with Crippen molar-refractivity contribution >= 4 is 75.7 Å². The Morgan fingerprint density at radius 1 is 0.812 bits per heavy atom. The third-order valence-electron chi connectivity index (χ3n) is 1.28. The van der Waals surface area contributed by atoms with Crippen LogP contribution < -0.4 is 0 Å². The minimum absolute atomic E-state index is 0.0278. The molecule has 0 aliphatic heterocycles. The van der Waals surface area contributed by atoms with Crippen molar-refractivity contribution in [2.45, 2.75) is 33.2 Å². The molecule has 0 unspecified atom stereocenters. The van der Waals surface area contributed by atoms with Crippen molar-refractivity contribution in [1.29, 1.82) is 0 Å². The first-order valence-electron chi connectivity index (χ1n) is 4.13. The van der Waals surface area contributed by atoms with Gasteiger partial charge in [-0.05, 0) is 0 Å². The fourth-order valence-electron chi connectivity index (χ4n) is 0.393. The average molecular weight is 492 g/mol. The van der Waals surface area contributed by atoms with Crippen LogP contribution in [0.2, 0.25) is 0 Å². The Balaban J connectivity index is 0. The maximum absolute atomic E-state index is 10.1. The van der Waals surface area contributed by atoms with E-state index >= 15 is 0 Å². The zero-order valence-corrected chi connectivity index (χ0v) is 14.9. The zero-order valence-electron chi connectivity index (χ0n) is 8.53. The molecule has 0 aromatic carbocycles. The number of rotatable bonds is 4. The van der Waals surface area contributed by atoms with Gasteiger partial charge in [0.25, 0.3) is 0 Å². The average Bonchev–Trinajstić information content (AvgIpc) is 2.15. The van der Waals surface area contributed by atoms with Gasteiger partial charge in [0.15, 0.2) is 0 Å². The summed E-state index contributed by atoms with van der Waals surface area (Å²) >= 11 is 12.1. The number of halogens is 4. The molecular weight excluding hydrogens is 480 g/mol. The minimum atomic E-state index is -0.839. The number of alkyl halides is 4. The number of aliphatic carboxylic acids is 2. The molecule has 0 aliphatic rings. The summed E-state index contributed by atoms with van der Waals surface area (Å²) in [6.07, 6.45) is 0. The predicted octanol–water partition coefficient (Wildman–Crippen LogP) is 3.24. The summed E-state index contributed by atoms with van der Waals surface area (Å²) in [5, 5.41) is 16.6. The third kappa shape index (κ3) is 10.0. The topological polar surface area (TPSA) is 74.6 Å². The highest BCUT2D eigenvalue weighted by atomic mass is 79.9. The molecule has 0 saturated heterocycles. The van der Waals surface area contributed by atoms with E-state index in [0.717, 1.165) is 0 Å². The van der Waals surface area contributed by atoms with Gasteiger partial charge in [-0.1, -0.05) is 77.6 Å². The molecule has 0 spiro atoms. The van der Waals surface area contributed by atoms with Crippen molar-refractivity contribution in [3.8, 4) is 0 Å². The SMILES string of the molecule is C[C@@H](Br)[C@H](Br)C(=O)O.C[C@H](Br)[C@@H](Br)C(=O)O. The van der Waals surface area contributed by atoms with Crippen LogP contribution in [0.4, 0.5) is 0 Å². The summed E-state index contributed by atoms with van der Waals surface area (Å²) in [6.45, 7) is 3.54. The van der Waals surface area contributed by atoms with E-state index in [-0.39, 0.29) is 9.65 Å². The van der Waals surface area contributed by atoms with E-state index in [2.05, 4.69) is 63.7 Å². The van der Waals surface area contributed by atoms with Crippen molar-refractivity contribution in [3.05, 3.63) is 0 Å². The molecule has 4 nitrogen and oxygen atoms in total. The molecule has 0 saturated carbocycles. The fourth-order valence-corrected chi connectivity index (χ4v) is 0.845. The molecule has 8 heteroatoms. The van der Waals surface area contributed by atoms with Gasteiger partial charge in [0.1, 0.15) is 9.65 Å². The van der Waals surface area contributed by atoms with Gasteiger partial charge in [-0.3, -0.25) is 9.59 Å². The largest absolute Gasteiger partial charge is 0.480 e. The first-order chi connectivity index (χ1) is 7.11. The van der Waals surface area contributed by atoms with Crippen molar-refractivity contribution < 1.29 is 19.8 Å². The molecule has 0 rings (SSSR count). The van der Waals surface area contributed by atoms with Crippen LogP contribution in [0.1, 0.15) is 13.8 Å². The summed E-state index contributed by atoms with van der Waals surface area (Å²) in [5.74, 6) is -1.68. The summed E-state index contributed by atoms with van der Waals surface area (Å²) < 4.78 is 0. The molecule has 0 amide bonds. The second kappa shape index (κ2) is 9.85. The van der Waals surface area contributed by atoms with E-state index in [1.54, 1.807) is 13.8 Å².